The maximum absolute atomic E-state index is 12.6. The number of benzene rings is 1. The second-order valence-electron chi connectivity index (χ2n) is 6.25. The van der Waals surface area contributed by atoms with Crippen LogP contribution in [0.3, 0.4) is 0 Å². The Morgan fingerprint density at radius 3 is 2.54 bits per heavy atom. The maximum atomic E-state index is 12.6. The molecule has 2 aromatic heterocycles. The molecule has 0 fully saturated rings. The first kappa shape index (κ1) is 16.7. The second kappa shape index (κ2) is 6.53. The molecule has 0 saturated heterocycles. The third-order valence-corrected chi connectivity index (χ3v) is 5.73. The van der Waals surface area contributed by atoms with E-state index in [9.17, 15) is 9.59 Å². The number of hydrogen-bond donors (Lipinski definition) is 0. The monoisotopic (exact) mass is 366 g/mol. The van der Waals surface area contributed by atoms with Crippen molar-refractivity contribution in [2.24, 2.45) is 14.1 Å². The summed E-state index contributed by atoms with van der Waals surface area (Å²) < 4.78 is 8.31. The van der Waals surface area contributed by atoms with Gasteiger partial charge < -0.3 is 4.42 Å². The van der Waals surface area contributed by atoms with E-state index in [4.69, 9.17) is 4.42 Å². The summed E-state index contributed by atoms with van der Waals surface area (Å²) in [5.41, 5.74) is 1.59. The van der Waals surface area contributed by atoms with Crippen molar-refractivity contribution >= 4 is 35.0 Å². The lowest BCUT2D eigenvalue weighted by Crippen LogP contribution is -2.36. The van der Waals surface area contributed by atoms with Crippen LogP contribution in [0.15, 0.2) is 56.5 Å². The van der Waals surface area contributed by atoms with Crippen LogP contribution < -0.4 is 11.2 Å². The Morgan fingerprint density at radius 1 is 1.04 bits per heavy atom. The zero-order chi connectivity index (χ0) is 18.3. The molecule has 1 aliphatic carbocycles. The van der Waals surface area contributed by atoms with Gasteiger partial charge >= 0.3 is 5.69 Å². The predicted molar refractivity (Wildman–Crippen MR) is 106 cm³/mol. The van der Waals surface area contributed by atoms with Crippen LogP contribution in [0.5, 0.6) is 0 Å². The van der Waals surface area contributed by atoms with Crippen LogP contribution in [-0.2, 0) is 19.8 Å². The summed E-state index contributed by atoms with van der Waals surface area (Å²) in [7, 11) is 3.09. The fraction of sp³-hybridized carbons (Fsp3) is 0.200. The Labute approximate surface area is 154 Å². The number of hydrogen-bond acceptors (Lipinski definition) is 4. The normalized spacial score (nSPS) is 16.0. The number of furan rings is 1. The van der Waals surface area contributed by atoms with Gasteiger partial charge in [0.2, 0.25) is 5.71 Å². The number of fused-ring (bicyclic) bond motifs is 3. The summed E-state index contributed by atoms with van der Waals surface area (Å²) in [6.45, 7) is 0. The van der Waals surface area contributed by atoms with E-state index in [1.165, 1.54) is 17.2 Å². The molecule has 1 atom stereocenters. The third kappa shape index (κ3) is 2.76. The van der Waals surface area contributed by atoms with Crippen molar-refractivity contribution in [3.8, 4) is 0 Å². The van der Waals surface area contributed by atoms with Gasteiger partial charge in [-0.25, -0.2) is 4.79 Å². The highest BCUT2D eigenvalue weighted by atomic mass is 32.2. The van der Waals surface area contributed by atoms with E-state index in [1.807, 2.05) is 30.4 Å². The Bertz CT molecular complexity index is 1150. The molecule has 1 aliphatic rings. The van der Waals surface area contributed by atoms with Gasteiger partial charge in [-0.1, -0.05) is 48.6 Å². The summed E-state index contributed by atoms with van der Waals surface area (Å²) in [4.78, 5) is 24.6. The van der Waals surface area contributed by atoms with Gasteiger partial charge in [-0.05, 0) is 11.6 Å². The van der Waals surface area contributed by atoms with Crippen LogP contribution in [0.4, 0.5) is 0 Å². The van der Waals surface area contributed by atoms with Crippen molar-refractivity contribution < 1.29 is 4.42 Å². The summed E-state index contributed by atoms with van der Waals surface area (Å²) in [5.74, 6) is 1.51. The minimum Gasteiger partial charge on any atom is -0.439 e. The smallest absolute Gasteiger partial charge is 0.333 e. The average molecular weight is 366 g/mol. The summed E-state index contributed by atoms with van der Waals surface area (Å²) in [6, 6.07) is 10.3. The summed E-state index contributed by atoms with van der Waals surface area (Å²) >= 11 is 1.80. The third-order valence-electron chi connectivity index (χ3n) is 4.53. The molecule has 26 heavy (non-hydrogen) atoms. The van der Waals surface area contributed by atoms with E-state index in [0.29, 0.717) is 16.9 Å². The van der Waals surface area contributed by atoms with Gasteiger partial charge in [0.15, 0.2) is 0 Å². The fourth-order valence-corrected chi connectivity index (χ4v) is 4.02. The van der Waals surface area contributed by atoms with E-state index < -0.39 is 5.69 Å². The van der Waals surface area contributed by atoms with Crippen LogP contribution in [-0.4, -0.2) is 14.4 Å². The highest BCUT2D eigenvalue weighted by Crippen LogP contribution is 2.30. The second-order valence-corrected chi connectivity index (χ2v) is 7.41. The molecule has 0 amide bonds. The minimum absolute atomic E-state index is 0.184. The summed E-state index contributed by atoms with van der Waals surface area (Å²) in [5, 5.41) is 0.628. The number of nitrogens with zero attached hydrogens (tertiary/aromatic N) is 2. The molecule has 0 aliphatic heterocycles. The average Bonchev–Trinajstić information content (AvgIpc) is 2.92. The predicted octanol–water partition coefficient (Wildman–Crippen LogP) is 3.17. The molecule has 132 valence electrons. The van der Waals surface area contributed by atoms with E-state index in [2.05, 4.69) is 24.3 Å². The molecule has 0 saturated carbocycles. The lowest BCUT2D eigenvalue weighted by molar-refractivity contribution is 0.555. The van der Waals surface area contributed by atoms with Gasteiger partial charge in [-0.2, -0.15) is 0 Å². The van der Waals surface area contributed by atoms with Gasteiger partial charge in [0.05, 0.1) is 0 Å². The molecule has 6 heteroatoms. The molecule has 1 unspecified atom stereocenters. The highest BCUT2D eigenvalue weighted by molar-refractivity contribution is 7.99. The Kier molecular flexibility index (Phi) is 4.20. The molecule has 0 spiro atoms. The van der Waals surface area contributed by atoms with Crippen LogP contribution in [0.1, 0.15) is 16.9 Å². The van der Waals surface area contributed by atoms with Crippen molar-refractivity contribution in [3.63, 3.8) is 0 Å². The number of thioether (sulfide) groups is 1. The lowest BCUT2D eigenvalue weighted by atomic mass is 10.2. The SMILES string of the molecule is Cn1c(=O)c2c3c(oc2n(C)c1=O)C=CC(SCc1ccccc1)C=C3. The first-order valence-electron chi connectivity index (χ1n) is 8.30. The van der Waals surface area contributed by atoms with Crippen LogP contribution in [0, 0.1) is 0 Å². The van der Waals surface area contributed by atoms with Gasteiger partial charge in [-0.15, -0.1) is 11.8 Å². The van der Waals surface area contributed by atoms with Gasteiger partial charge in [0, 0.05) is 30.7 Å². The van der Waals surface area contributed by atoms with Gasteiger partial charge in [0.25, 0.3) is 5.56 Å². The van der Waals surface area contributed by atoms with Gasteiger partial charge in [-0.3, -0.25) is 13.9 Å². The van der Waals surface area contributed by atoms with Crippen LogP contribution in [0.25, 0.3) is 23.3 Å². The largest absolute Gasteiger partial charge is 0.439 e. The lowest BCUT2D eigenvalue weighted by Gasteiger charge is -2.07. The first-order chi connectivity index (χ1) is 12.6. The van der Waals surface area contributed by atoms with Crippen molar-refractivity contribution in [2.45, 2.75) is 11.0 Å². The topological polar surface area (TPSA) is 57.1 Å². The van der Waals surface area contributed by atoms with Crippen molar-refractivity contribution in [1.82, 2.24) is 9.13 Å². The molecule has 3 aromatic rings. The molecule has 5 nitrogen and oxygen atoms in total. The Hall–Kier alpha value is -2.73. The first-order valence-corrected chi connectivity index (χ1v) is 9.35. The van der Waals surface area contributed by atoms with Crippen LogP contribution >= 0.6 is 11.8 Å². The molecule has 2 heterocycles. The van der Waals surface area contributed by atoms with Crippen molar-refractivity contribution in [1.29, 1.82) is 0 Å². The number of aromatic nitrogens is 2. The van der Waals surface area contributed by atoms with E-state index in [1.54, 1.807) is 18.8 Å². The van der Waals surface area contributed by atoms with Crippen molar-refractivity contribution in [3.05, 3.63) is 80.2 Å². The van der Waals surface area contributed by atoms with E-state index in [-0.39, 0.29) is 10.8 Å². The molecular formula is C20H18N2O3S. The Balaban J connectivity index is 1.69. The zero-order valence-corrected chi connectivity index (χ0v) is 15.3. The molecule has 4 rings (SSSR count). The van der Waals surface area contributed by atoms with Gasteiger partial charge in [0.1, 0.15) is 11.1 Å². The molecule has 0 N–H and O–H groups in total. The number of aryl methyl sites for hydroxylation is 1. The fourth-order valence-electron chi connectivity index (χ4n) is 3.06. The molecule has 1 aromatic carbocycles. The quantitative estimate of drug-likeness (QED) is 0.714. The molecular weight excluding hydrogens is 348 g/mol. The highest BCUT2D eigenvalue weighted by Gasteiger charge is 2.20. The number of rotatable bonds is 3. The van der Waals surface area contributed by atoms with Crippen LogP contribution in [0.2, 0.25) is 0 Å². The molecule has 0 radical (unpaired) electrons. The Morgan fingerprint density at radius 2 is 1.77 bits per heavy atom. The standard InChI is InChI=1S/C20H18N2O3S/c1-21-18(23)17-15-10-8-14(26-12-13-6-4-3-5-7-13)9-11-16(15)25-19(17)22(2)20(21)24/h3-11,14H,12H2,1-2H3. The molecule has 0 bridgehead atoms. The minimum atomic E-state index is -0.393. The van der Waals surface area contributed by atoms with Crippen molar-refractivity contribution in [2.75, 3.05) is 0 Å². The van der Waals surface area contributed by atoms with E-state index in [0.717, 1.165) is 15.9 Å². The zero-order valence-electron chi connectivity index (χ0n) is 14.5. The summed E-state index contributed by atoms with van der Waals surface area (Å²) in [6.07, 6.45) is 7.94. The maximum Gasteiger partial charge on any atom is 0.333 e. The van der Waals surface area contributed by atoms with E-state index >= 15 is 0 Å².